The first-order valence-electron chi connectivity index (χ1n) is 5.02. The predicted molar refractivity (Wildman–Crippen MR) is 76.6 cm³/mol. The fraction of sp³-hybridized carbons (Fsp3) is 0.0769. The average molecular weight is 361 g/mol. The van der Waals surface area contributed by atoms with Gasteiger partial charge in [-0.05, 0) is 64.6 Å². The molecule has 0 saturated heterocycles. The van der Waals surface area contributed by atoms with Crippen LogP contribution in [0.5, 0.6) is 11.5 Å². The summed E-state index contributed by atoms with van der Waals surface area (Å²) >= 11 is 8.29. The first-order chi connectivity index (χ1) is 8.19. The molecule has 0 aliphatic heterocycles. The predicted octanol–water partition coefficient (Wildman–Crippen LogP) is 4.23. The molecule has 4 heteroatoms. The van der Waals surface area contributed by atoms with E-state index in [-0.39, 0.29) is 6.61 Å². The van der Waals surface area contributed by atoms with E-state index in [4.69, 9.17) is 21.4 Å². The highest BCUT2D eigenvalue weighted by Gasteiger charge is 2.04. The van der Waals surface area contributed by atoms with E-state index in [0.29, 0.717) is 10.8 Å². The summed E-state index contributed by atoms with van der Waals surface area (Å²) in [6.07, 6.45) is 0. The second-order valence-corrected chi connectivity index (χ2v) is 5.13. The zero-order valence-corrected chi connectivity index (χ0v) is 11.8. The van der Waals surface area contributed by atoms with E-state index >= 15 is 0 Å². The Bertz CT molecular complexity index is 511. The normalized spacial score (nSPS) is 10.3. The largest absolute Gasteiger partial charge is 0.456 e. The Kier molecular flexibility index (Phi) is 4.25. The van der Waals surface area contributed by atoms with Crippen LogP contribution >= 0.6 is 34.2 Å². The fourth-order valence-electron chi connectivity index (χ4n) is 1.36. The van der Waals surface area contributed by atoms with E-state index in [1.54, 1.807) is 18.2 Å². The second kappa shape index (κ2) is 5.71. The number of hydrogen-bond acceptors (Lipinski definition) is 2. The van der Waals surface area contributed by atoms with Crippen LogP contribution in [0.3, 0.4) is 0 Å². The molecule has 0 aliphatic rings. The molecule has 0 aromatic heterocycles. The maximum atomic E-state index is 8.97. The third-order valence-corrected chi connectivity index (χ3v) is 3.23. The Morgan fingerprint density at radius 2 is 1.82 bits per heavy atom. The van der Waals surface area contributed by atoms with Gasteiger partial charge in [0.2, 0.25) is 0 Å². The molecule has 2 rings (SSSR count). The van der Waals surface area contributed by atoms with Crippen LogP contribution in [-0.2, 0) is 6.61 Å². The number of rotatable bonds is 3. The molecule has 2 aromatic carbocycles. The summed E-state index contributed by atoms with van der Waals surface area (Å²) < 4.78 is 6.80. The minimum absolute atomic E-state index is 0.0243. The molecule has 0 radical (unpaired) electrons. The van der Waals surface area contributed by atoms with Crippen molar-refractivity contribution in [2.45, 2.75) is 6.61 Å². The number of aliphatic hydroxyl groups is 1. The Morgan fingerprint density at radius 1 is 1.12 bits per heavy atom. The van der Waals surface area contributed by atoms with E-state index in [9.17, 15) is 0 Å². The highest BCUT2D eigenvalue weighted by molar-refractivity contribution is 14.1. The Hall–Kier alpha value is -0.780. The molecule has 0 fully saturated rings. The maximum Gasteiger partial charge on any atom is 0.146 e. The van der Waals surface area contributed by atoms with E-state index in [2.05, 4.69) is 22.6 Å². The first-order valence-corrected chi connectivity index (χ1v) is 6.47. The zero-order chi connectivity index (χ0) is 12.3. The van der Waals surface area contributed by atoms with Gasteiger partial charge in [0.1, 0.15) is 11.5 Å². The van der Waals surface area contributed by atoms with Crippen molar-refractivity contribution in [3.05, 3.63) is 56.6 Å². The molecule has 0 spiro atoms. The van der Waals surface area contributed by atoms with E-state index < -0.39 is 0 Å². The molecule has 0 unspecified atom stereocenters. The van der Waals surface area contributed by atoms with E-state index in [1.165, 1.54) is 0 Å². The molecular weight excluding hydrogens is 350 g/mol. The molecule has 0 bridgehead atoms. The van der Waals surface area contributed by atoms with Crippen molar-refractivity contribution in [1.29, 1.82) is 0 Å². The van der Waals surface area contributed by atoms with Crippen LogP contribution < -0.4 is 4.74 Å². The number of aliphatic hydroxyl groups excluding tert-OH is 1. The van der Waals surface area contributed by atoms with Gasteiger partial charge in [-0.1, -0.05) is 17.7 Å². The van der Waals surface area contributed by atoms with E-state index in [0.717, 1.165) is 14.9 Å². The smallest absolute Gasteiger partial charge is 0.146 e. The summed E-state index contributed by atoms with van der Waals surface area (Å²) in [7, 11) is 0. The van der Waals surface area contributed by atoms with Crippen molar-refractivity contribution < 1.29 is 9.84 Å². The van der Waals surface area contributed by atoms with Crippen molar-refractivity contribution in [1.82, 2.24) is 0 Å². The van der Waals surface area contributed by atoms with Crippen molar-refractivity contribution in [3.63, 3.8) is 0 Å². The Labute approximate surface area is 118 Å². The molecule has 0 atom stereocenters. The van der Waals surface area contributed by atoms with Gasteiger partial charge in [0, 0.05) is 3.57 Å². The van der Waals surface area contributed by atoms with Crippen LogP contribution in [0.15, 0.2) is 42.5 Å². The minimum atomic E-state index is -0.0243. The van der Waals surface area contributed by atoms with Gasteiger partial charge >= 0.3 is 0 Å². The van der Waals surface area contributed by atoms with Gasteiger partial charge in [-0.3, -0.25) is 0 Å². The molecule has 0 heterocycles. The summed E-state index contributed by atoms with van der Waals surface area (Å²) in [6.45, 7) is -0.0243. The third kappa shape index (κ3) is 3.34. The highest BCUT2D eigenvalue weighted by atomic mass is 127. The standard InChI is InChI=1S/C13H10ClIO2/c14-12-7-9(8-16)1-6-13(12)17-11-4-2-10(15)3-5-11/h1-7,16H,8H2. The van der Waals surface area contributed by atoms with Crippen LogP contribution in [0.25, 0.3) is 0 Å². The Balaban J connectivity index is 2.21. The van der Waals surface area contributed by atoms with Gasteiger partial charge in [0.25, 0.3) is 0 Å². The van der Waals surface area contributed by atoms with Crippen LogP contribution in [-0.4, -0.2) is 5.11 Å². The van der Waals surface area contributed by atoms with Crippen molar-refractivity contribution in [3.8, 4) is 11.5 Å². The van der Waals surface area contributed by atoms with Crippen molar-refractivity contribution in [2.75, 3.05) is 0 Å². The molecular formula is C13H10ClIO2. The summed E-state index contributed by atoms with van der Waals surface area (Å²) in [6, 6.07) is 12.9. The van der Waals surface area contributed by atoms with Crippen molar-refractivity contribution in [2.24, 2.45) is 0 Å². The summed E-state index contributed by atoms with van der Waals surface area (Å²) in [5, 5.41) is 9.47. The van der Waals surface area contributed by atoms with Gasteiger partial charge in [-0.2, -0.15) is 0 Å². The summed E-state index contributed by atoms with van der Waals surface area (Å²) in [5.74, 6) is 1.33. The molecule has 2 nitrogen and oxygen atoms in total. The molecule has 0 saturated carbocycles. The van der Waals surface area contributed by atoms with E-state index in [1.807, 2.05) is 24.3 Å². The van der Waals surface area contributed by atoms with Gasteiger partial charge in [-0.15, -0.1) is 0 Å². The van der Waals surface area contributed by atoms with Crippen LogP contribution in [0, 0.1) is 3.57 Å². The lowest BCUT2D eigenvalue weighted by Gasteiger charge is -2.08. The quantitative estimate of drug-likeness (QED) is 0.830. The molecule has 0 aliphatic carbocycles. The molecule has 2 aromatic rings. The van der Waals surface area contributed by atoms with Gasteiger partial charge < -0.3 is 9.84 Å². The number of halogens is 2. The van der Waals surface area contributed by atoms with Gasteiger partial charge in [0.05, 0.1) is 11.6 Å². The lowest BCUT2D eigenvalue weighted by Crippen LogP contribution is -1.88. The lowest BCUT2D eigenvalue weighted by atomic mass is 10.2. The minimum Gasteiger partial charge on any atom is -0.456 e. The van der Waals surface area contributed by atoms with Crippen LogP contribution in [0.1, 0.15) is 5.56 Å². The highest BCUT2D eigenvalue weighted by Crippen LogP contribution is 2.30. The molecule has 17 heavy (non-hydrogen) atoms. The topological polar surface area (TPSA) is 29.5 Å². The second-order valence-electron chi connectivity index (χ2n) is 3.48. The number of ether oxygens (including phenoxy) is 1. The third-order valence-electron chi connectivity index (χ3n) is 2.22. The van der Waals surface area contributed by atoms with Crippen molar-refractivity contribution >= 4 is 34.2 Å². The zero-order valence-electron chi connectivity index (χ0n) is 8.86. The number of hydrogen-bond donors (Lipinski definition) is 1. The average Bonchev–Trinajstić information content (AvgIpc) is 2.34. The van der Waals surface area contributed by atoms with Gasteiger partial charge in [-0.25, -0.2) is 0 Å². The molecule has 88 valence electrons. The summed E-state index contributed by atoms with van der Waals surface area (Å²) in [4.78, 5) is 0. The SMILES string of the molecule is OCc1ccc(Oc2ccc(I)cc2)c(Cl)c1. The van der Waals surface area contributed by atoms with Gasteiger partial charge in [0.15, 0.2) is 0 Å². The van der Waals surface area contributed by atoms with Crippen LogP contribution in [0.2, 0.25) is 5.02 Å². The maximum absolute atomic E-state index is 8.97. The van der Waals surface area contributed by atoms with Crippen LogP contribution in [0.4, 0.5) is 0 Å². The molecule has 1 N–H and O–H groups in total. The first kappa shape index (κ1) is 12.7. The monoisotopic (exact) mass is 360 g/mol. The fourth-order valence-corrected chi connectivity index (χ4v) is 1.96. The lowest BCUT2D eigenvalue weighted by molar-refractivity contribution is 0.281. The molecule has 0 amide bonds. The number of benzene rings is 2. The Morgan fingerprint density at radius 3 is 2.41 bits per heavy atom. The summed E-state index contributed by atoms with van der Waals surface area (Å²) in [5.41, 5.74) is 0.768.